The van der Waals surface area contributed by atoms with Crippen LogP contribution < -0.4 is 0 Å². The molecule has 1 rings (SSSR count). The highest BCUT2D eigenvalue weighted by atomic mass is 16.5. The van der Waals surface area contributed by atoms with Crippen molar-refractivity contribution in [1.82, 2.24) is 0 Å². The highest BCUT2D eigenvalue weighted by Crippen LogP contribution is 2.10. The van der Waals surface area contributed by atoms with Crippen LogP contribution >= 0.6 is 0 Å². The van der Waals surface area contributed by atoms with E-state index in [4.69, 9.17) is 11.2 Å². The van der Waals surface area contributed by atoms with Crippen LogP contribution in [0.2, 0.25) is 0 Å². The van der Waals surface area contributed by atoms with Crippen LogP contribution in [0.4, 0.5) is 0 Å². The molecule has 13 heavy (non-hydrogen) atoms. The van der Waals surface area contributed by atoms with Gasteiger partial charge in [0.25, 0.3) is 0 Å². The lowest BCUT2D eigenvalue weighted by molar-refractivity contribution is 0.153. The van der Waals surface area contributed by atoms with E-state index in [9.17, 15) is 0 Å². The lowest BCUT2D eigenvalue weighted by atomic mass is 10.1. The van der Waals surface area contributed by atoms with Gasteiger partial charge in [0, 0.05) is 0 Å². The maximum absolute atomic E-state index is 5.28. The van der Waals surface area contributed by atoms with Crippen LogP contribution in [0.15, 0.2) is 24.3 Å². The number of hydrogen-bond donors (Lipinski definition) is 0. The fourth-order valence-electron chi connectivity index (χ4n) is 1.26. The van der Waals surface area contributed by atoms with Gasteiger partial charge in [-0.1, -0.05) is 37.1 Å². The number of hydrogen-bond acceptors (Lipinski definition) is 1. The maximum Gasteiger partial charge on any atom is 0.107 e. The Kier molecular flexibility index (Phi) is 4.08. The predicted octanol–water partition coefficient (Wildman–Crippen LogP) is 2.40. The fraction of sp³-hybridized carbons (Fsp3) is 0.333. The van der Waals surface area contributed by atoms with Gasteiger partial charge in [0.05, 0.1) is 6.61 Å². The van der Waals surface area contributed by atoms with Gasteiger partial charge in [-0.15, -0.1) is 6.42 Å². The van der Waals surface area contributed by atoms with E-state index in [1.54, 1.807) is 0 Å². The molecule has 0 aliphatic heterocycles. The number of aryl methyl sites for hydroxylation is 1. The maximum atomic E-state index is 5.28. The largest absolute Gasteiger partial charge is 0.364 e. The third-order valence-electron chi connectivity index (χ3n) is 1.94. The summed E-state index contributed by atoms with van der Waals surface area (Å²) in [6.07, 6.45) is 6.13. The van der Waals surface area contributed by atoms with Gasteiger partial charge in [-0.3, -0.25) is 0 Å². The van der Waals surface area contributed by atoms with Crippen molar-refractivity contribution in [2.75, 3.05) is 6.61 Å². The van der Waals surface area contributed by atoms with E-state index < -0.39 is 0 Å². The zero-order valence-electron chi connectivity index (χ0n) is 7.92. The minimum Gasteiger partial charge on any atom is -0.364 e. The predicted molar refractivity (Wildman–Crippen MR) is 54.3 cm³/mol. The topological polar surface area (TPSA) is 9.23 Å². The Morgan fingerprint density at radius 1 is 1.31 bits per heavy atom. The molecular weight excluding hydrogens is 160 g/mol. The third kappa shape index (κ3) is 2.93. The first kappa shape index (κ1) is 9.83. The van der Waals surface area contributed by atoms with Crippen LogP contribution in [0.3, 0.4) is 0 Å². The van der Waals surface area contributed by atoms with Crippen LogP contribution in [-0.4, -0.2) is 6.61 Å². The van der Waals surface area contributed by atoms with E-state index in [1.165, 1.54) is 11.1 Å². The van der Waals surface area contributed by atoms with Gasteiger partial charge in [0.1, 0.15) is 6.61 Å². The minimum absolute atomic E-state index is 0.387. The van der Waals surface area contributed by atoms with Gasteiger partial charge in [-0.05, 0) is 17.5 Å². The molecule has 0 N–H and O–H groups in total. The van der Waals surface area contributed by atoms with Crippen molar-refractivity contribution in [3.05, 3.63) is 35.4 Å². The molecule has 0 spiro atoms. The molecule has 0 unspecified atom stereocenters. The van der Waals surface area contributed by atoms with Gasteiger partial charge >= 0.3 is 0 Å². The minimum atomic E-state index is 0.387. The zero-order chi connectivity index (χ0) is 9.52. The van der Waals surface area contributed by atoms with E-state index in [2.05, 4.69) is 25.0 Å². The van der Waals surface area contributed by atoms with Crippen LogP contribution in [0, 0.1) is 12.3 Å². The Balaban J connectivity index is 2.60. The summed E-state index contributed by atoms with van der Waals surface area (Å²) in [6, 6.07) is 8.27. The Hall–Kier alpha value is -1.26. The van der Waals surface area contributed by atoms with Crippen molar-refractivity contribution < 1.29 is 4.74 Å². The molecule has 0 aliphatic rings. The van der Waals surface area contributed by atoms with E-state index in [0.29, 0.717) is 13.2 Å². The lowest BCUT2D eigenvalue weighted by Crippen LogP contribution is -1.97. The van der Waals surface area contributed by atoms with E-state index in [1.807, 2.05) is 12.1 Å². The van der Waals surface area contributed by atoms with Gasteiger partial charge in [-0.2, -0.15) is 0 Å². The van der Waals surface area contributed by atoms with Gasteiger partial charge in [-0.25, -0.2) is 0 Å². The van der Waals surface area contributed by atoms with Crippen molar-refractivity contribution in [2.24, 2.45) is 0 Å². The summed E-state index contributed by atoms with van der Waals surface area (Å²) < 4.78 is 5.28. The van der Waals surface area contributed by atoms with Gasteiger partial charge in [0.2, 0.25) is 0 Å². The third-order valence-corrected chi connectivity index (χ3v) is 1.94. The molecule has 0 aliphatic carbocycles. The molecule has 0 amide bonds. The molecule has 0 saturated heterocycles. The Morgan fingerprint density at radius 2 is 2.00 bits per heavy atom. The molecule has 0 saturated carbocycles. The first-order valence-corrected chi connectivity index (χ1v) is 4.46. The second kappa shape index (κ2) is 5.40. The van der Waals surface area contributed by atoms with Crippen molar-refractivity contribution in [3.8, 4) is 12.3 Å². The molecule has 1 aromatic carbocycles. The number of benzene rings is 1. The molecule has 68 valence electrons. The second-order valence-corrected chi connectivity index (χ2v) is 2.82. The van der Waals surface area contributed by atoms with Crippen LogP contribution in [-0.2, 0) is 17.8 Å². The molecule has 0 heterocycles. The van der Waals surface area contributed by atoms with Crippen molar-refractivity contribution in [3.63, 3.8) is 0 Å². The van der Waals surface area contributed by atoms with Crippen molar-refractivity contribution in [1.29, 1.82) is 0 Å². The summed E-state index contributed by atoms with van der Waals surface area (Å²) in [5.74, 6) is 2.45. The van der Waals surface area contributed by atoms with E-state index >= 15 is 0 Å². The van der Waals surface area contributed by atoms with Gasteiger partial charge in [0.15, 0.2) is 0 Å². The van der Waals surface area contributed by atoms with Crippen LogP contribution in [0.1, 0.15) is 18.1 Å². The molecule has 1 heteroatoms. The number of ether oxygens (including phenoxy) is 1. The average molecular weight is 174 g/mol. The Labute approximate surface area is 79.7 Å². The molecule has 1 nitrogen and oxygen atoms in total. The fourth-order valence-corrected chi connectivity index (χ4v) is 1.26. The number of terminal acetylenes is 1. The second-order valence-electron chi connectivity index (χ2n) is 2.82. The molecular formula is C12H14O. The normalized spacial score (nSPS) is 9.54. The standard InChI is InChI=1S/C12H14O/c1-3-9-13-10-12-8-6-5-7-11(12)4-2/h1,5-8H,4,9-10H2,2H3. The van der Waals surface area contributed by atoms with Crippen LogP contribution in [0.5, 0.6) is 0 Å². The van der Waals surface area contributed by atoms with Crippen molar-refractivity contribution in [2.45, 2.75) is 20.0 Å². The molecule has 0 bridgehead atoms. The summed E-state index contributed by atoms with van der Waals surface area (Å²) in [5.41, 5.74) is 2.57. The van der Waals surface area contributed by atoms with Crippen LogP contribution in [0.25, 0.3) is 0 Å². The Morgan fingerprint density at radius 3 is 2.62 bits per heavy atom. The first-order valence-electron chi connectivity index (χ1n) is 4.46. The summed E-state index contributed by atoms with van der Waals surface area (Å²) in [6.45, 7) is 3.15. The summed E-state index contributed by atoms with van der Waals surface area (Å²) in [5, 5.41) is 0. The average Bonchev–Trinajstić information content (AvgIpc) is 2.19. The van der Waals surface area contributed by atoms with E-state index in [0.717, 1.165) is 6.42 Å². The Bertz CT molecular complexity index is 296. The summed E-state index contributed by atoms with van der Waals surface area (Å²) in [7, 11) is 0. The lowest BCUT2D eigenvalue weighted by Gasteiger charge is -2.06. The smallest absolute Gasteiger partial charge is 0.107 e. The zero-order valence-corrected chi connectivity index (χ0v) is 7.92. The molecule has 0 atom stereocenters. The highest BCUT2D eigenvalue weighted by molar-refractivity contribution is 5.26. The quantitative estimate of drug-likeness (QED) is 0.503. The van der Waals surface area contributed by atoms with E-state index in [-0.39, 0.29) is 0 Å². The summed E-state index contributed by atoms with van der Waals surface area (Å²) in [4.78, 5) is 0. The van der Waals surface area contributed by atoms with Crippen molar-refractivity contribution >= 4 is 0 Å². The van der Waals surface area contributed by atoms with Gasteiger partial charge < -0.3 is 4.74 Å². The molecule has 1 aromatic rings. The SMILES string of the molecule is C#CCOCc1ccccc1CC. The molecule has 0 radical (unpaired) electrons. The number of rotatable bonds is 4. The molecule has 0 aromatic heterocycles. The monoisotopic (exact) mass is 174 g/mol. The summed E-state index contributed by atoms with van der Waals surface area (Å²) >= 11 is 0. The first-order chi connectivity index (χ1) is 6.38. The molecule has 0 fully saturated rings. The highest BCUT2D eigenvalue weighted by Gasteiger charge is 1.98.